The molecule has 2 fully saturated rings. The number of fused-ring (bicyclic) bond motifs is 2. The Bertz CT molecular complexity index is 1010. The van der Waals surface area contributed by atoms with Gasteiger partial charge in [0.15, 0.2) is 5.65 Å². The number of methoxy groups -OCH3 is 1. The van der Waals surface area contributed by atoms with E-state index in [1.165, 1.54) is 0 Å². The molecule has 2 aromatic heterocycles. The molecule has 28 heavy (non-hydrogen) atoms. The van der Waals surface area contributed by atoms with Crippen LogP contribution in [0.15, 0.2) is 31.1 Å². The number of hydrogen-bond acceptors (Lipinski definition) is 6. The van der Waals surface area contributed by atoms with Gasteiger partial charge < -0.3 is 19.9 Å². The first-order valence-corrected chi connectivity index (χ1v) is 9.24. The highest BCUT2D eigenvalue weighted by molar-refractivity contribution is 5.89. The minimum atomic E-state index is 0. The number of imidazole rings is 1. The van der Waals surface area contributed by atoms with Crippen LogP contribution in [0.1, 0.15) is 5.56 Å². The molecular formula is C20H23ClN6O. The highest BCUT2D eigenvalue weighted by Crippen LogP contribution is 2.33. The van der Waals surface area contributed by atoms with Crippen LogP contribution in [-0.4, -0.2) is 53.2 Å². The largest absolute Gasteiger partial charge is 0.496 e. The van der Waals surface area contributed by atoms with Crippen molar-refractivity contribution in [1.29, 1.82) is 0 Å². The maximum atomic E-state index is 5.41. The first-order valence-electron chi connectivity index (χ1n) is 9.24. The fourth-order valence-electron chi connectivity index (χ4n) is 4.23. The summed E-state index contributed by atoms with van der Waals surface area (Å²) in [5.74, 6) is 2.92. The van der Waals surface area contributed by atoms with Gasteiger partial charge in [-0.2, -0.15) is 4.98 Å². The fraction of sp³-hybridized carbons (Fsp3) is 0.350. The second-order valence-corrected chi connectivity index (χ2v) is 7.22. The molecular weight excluding hydrogens is 376 g/mol. The summed E-state index contributed by atoms with van der Waals surface area (Å²) in [6.45, 7) is 8.05. The van der Waals surface area contributed by atoms with Crippen molar-refractivity contribution in [1.82, 2.24) is 25.3 Å². The second kappa shape index (κ2) is 7.41. The predicted octanol–water partition coefficient (Wildman–Crippen LogP) is 2.75. The van der Waals surface area contributed by atoms with Crippen LogP contribution in [0.4, 0.5) is 5.95 Å². The van der Waals surface area contributed by atoms with Gasteiger partial charge in [-0.3, -0.25) is 0 Å². The average molecular weight is 399 g/mol. The Morgan fingerprint density at radius 3 is 2.71 bits per heavy atom. The van der Waals surface area contributed by atoms with Crippen LogP contribution in [0.3, 0.4) is 0 Å². The molecule has 2 unspecified atom stereocenters. The minimum Gasteiger partial charge on any atom is -0.496 e. The third-order valence-corrected chi connectivity index (χ3v) is 5.67. The Morgan fingerprint density at radius 1 is 1.21 bits per heavy atom. The van der Waals surface area contributed by atoms with Crippen LogP contribution in [0.5, 0.6) is 5.75 Å². The van der Waals surface area contributed by atoms with E-state index in [1.54, 1.807) is 19.5 Å². The zero-order chi connectivity index (χ0) is 18.4. The number of anilines is 1. The van der Waals surface area contributed by atoms with Crippen molar-refractivity contribution < 1.29 is 4.74 Å². The first-order chi connectivity index (χ1) is 13.3. The SMILES string of the molecule is C=Cc1cc(-c2nc(N3CC4CNCC4C3)nc3nc[nH]c23)ccc1OC.Cl. The second-order valence-electron chi connectivity index (χ2n) is 7.22. The summed E-state index contributed by atoms with van der Waals surface area (Å²) in [5, 5.41) is 3.48. The molecule has 8 heteroatoms. The standard InChI is InChI=1S/C20H22N6O.ClH/c1-3-12-6-13(4-5-16(12)27-2)17-18-19(23-11-22-18)25-20(24-17)26-9-14-7-21-8-15(14)10-26;/h3-6,11,14-15,21H,1,7-10H2,2H3,(H,22,23,24,25);1H. The molecule has 5 rings (SSSR count). The van der Waals surface area contributed by atoms with Gasteiger partial charge >= 0.3 is 0 Å². The molecule has 1 aromatic carbocycles. The van der Waals surface area contributed by atoms with E-state index in [1.807, 2.05) is 18.2 Å². The lowest BCUT2D eigenvalue weighted by Gasteiger charge is -2.18. The average Bonchev–Trinajstić information content (AvgIpc) is 3.41. The Kier molecular flexibility index (Phi) is 4.95. The fourth-order valence-corrected chi connectivity index (χ4v) is 4.23. The molecule has 0 saturated carbocycles. The predicted molar refractivity (Wildman–Crippen MR) is 113 cm³/mol. The number of H-pyrrole nitrogens is 1. The number of ether oxygens (including phenoxy) is 1. The van der Waals surface area contributed by atoms with Gasteiger partial charge in [0.1, 0.15) is 17.0 Å². The van der Waals surface area contributed by atoms with Crippen molar-refractivity contribution >= 4 is 35.6 Å². The molecule has 2 N–H and O–H groups in total. The van der Waals surface area contributed by atoms with Gasteiger partial charge in [0.2, 0.25) is 5.95 Å². The molecule has 2 aliphatic rings. The number of hydrogen-bond donors (Lipinski definition) is 2. The van der Waals surface area contributed by atoms with Gasteiger partial charge in [-0.15, -0.1) is 12.4 Å². The topological polar surface area (TPSA) is 79.0 Å². The maximum absolute atomic E-state index is 5.41. The molecule has 2 saturated heterocycles. The number of nitrogens with zero attached hydrogens (tertiary/aromatic N) is 4. The molecule has 0 bridgehead atoms. The van der Waals surface area contributed by atoms with Gasteiger partial charge in [-0.1, -0.05) is 12.7 Å². The van der Waals surface area contributed by atoms with Crippen molar-refractivity contribution in [2.24, 2.45) is 11.8 Å². The summed E-state index contributed by atoms with van der Waals surface area (Å²) < 4.78 is 5.41. The number of halogens is 1. The molecule has 0 radical (unpaired) electrons. The number of benzene rings is 1. The molecule has 4 heterocycles. The number of aromatic nitrogens is 4. The van der Waals surface area contributed by atoms with Crippen LogP contribution in [0.2, 0.25) is 0 Å². The van der Waals surface area contributed by atoms with E-state index in [2.05, 4.69) is 26.8 Å². The molecule has 3 aromatic rings. The zero-order valence-corrected chi connectivity index (χ0v) is 16.5. The molecule has 0 amide bonds. The van der Waals surface area contributed by atoms with Crippen LogP contribution in [-0.2, 0) is 0 Å². The van der Waals surface area contributed by atoms with Crippen molar-refractivity contribution in [2.45, 2.75) is 0 Å². The van der Waals surface area contributed by atoms with Crippen molar-refractivity contribution in [3.8, 4) is 17.0 Å². The molecule has 7 nitrogen and oxygen atoms in total. The van der Waals surface area contributed by atoms with Gasteiger partial charge in [-0.25, -0.2) is 9.97 Å². The van der Waals surface area contributed by atoms with Gasteiger partial charge in [0, 0.05) is 37.3 Å². The summed E-state index contributed by atoms with van der Waals surface area (Å²) in [6, 6.07) is 6.00. The van der Waals surface area contributed by atoms with E-state index in [9.17, 15) is 0 Å². The third kappa shape index (κ3) is 3.00. The highest BCUT2D eigenvalue weighted by Gasteiger charge is 2.37. The van der Waals surface area contributed by atoms with E-state index >= 15 is 0 Å². The third-order valence-electron chi connectivity index (χ3n) is 5.67. The van der Waals surface area contributed by atoms with Gasteiger partial charge in [-0.05, 0) is 30.0 Å². The van der Waals surface area contributed by atoms with E-state index in [-0.39, 0.29) is 12.4 Å². The van der Waals surface area contributed by atoms with Crippen LogP contribution >= 0.6 is 12.4 Å². The first kappa shape index (κ1) is 18.7. The Balaban J connectivity index is 0.00000192. The monoisotopic (exact) mass is 398 g/mol. The number of aromatic amines is 1. The zero-order valence-electron chi connectivity index (χ0n) is 15.7. The Hall–Kier alpha value is -2.64. The summed E-state index contributed by atoms with van der Waals surface area (Å²) in [5.41, 5.74) is 4.32. The van der Waals surface area contributed by atoms with Crippen LogP contribution < -0.4 is 15.0 Å². The van der Waals surface area contributed by atoms with Crippen molar-refractivity contribution in [3.05, 3.63) is 36.7 Å². The molecule has 0 aliphatic carbocycles. The number of nitrogens with one attached hydrogen (secondary N) is 2. The summed E-state index contributed by atoms with van der Waals surface area (Å²) in [6.07, 6.45) is 3.47. The minimum absolute atomic E-state index is 0. The van der Waals surface area contributed by atoms with E-state index in [0.717, 1.165) is 60.2 Å². The lowest BCUT2D eigenvalue weighted by Crippen LogP contribution is -2.27. The highest BCUT2D eigenvalue weighted by atomic mass is 35.5. The maximum Gasteiger partial charge on any atom is 0.228 e. The molecule has 146 valence electrons. The molecule has 0 spiro atoms. The van der Waals surface area contributed by atoms with Crippen LogP contribution in [0.25, 0.3) is 28.5 Å². The normalized spacial score (nSPS) is 20.8. The van der Waals surface area contributed by atoms with E-state index < -0.39 is 0 Å². The Labute approximate surface area is 169 Å². The lowest BCUT2D eigenvalue weighted by atomic mass is 10.0. The Morgan fingerprint density at radius 2 is 2.00 bits per heavy atom. The summed E-state index contributed by atoms with van der Waals surface area (Å²) in [4.78, 5) is 19.5. The molecule has 2 aliphatic heterocycles. The summed E-state index contributed by atoms with van der Waals surface area (Å²) in [7, 11) is 1.66. The van der Waals surface area contributed by atoms with Gasteiger partial charge in [0.25, 0.3) is 0 Å². The molecule has 2 atom stereocenters. The van der Waals surface area contributed by atoms with Crippen LogP contribution in [0, 0.1) is 11.8 Å². The van der Waals surface area contributed by atoms with Crippen molar-refractivity contribution in [3.63, 3.8) is 0 Å². The lowest BCUT2D eigenvalue weighted by molar-refractivity contribution is 0.414. The van der Waals surface area contributed by atoms with Crippen molar-refractivity contribution in [2.75, 3.05) is 38.2 Å². The van der Waals surface area contributed by atoms with Gasteiger partial charge in [0.05, 0.1) is 13.4 Å². The van der Waals surface area contributed by atoms with E-state index in [0.29, 0.717) is 17.5 Å². The summed E-state index contributed by atoms with van der Waals surface area (Å²) >= 11 is 0. The quantitative estimate of drug-likeness (QED) is 0.703. The number of rotatable bonds is 4. The van der Waals surface area contributed by atoms with E-state index in [4.69, 9.17) is 14.7 Å². The smallest absolute Gasteiger partial charge is 0.228 e.